The first-order valence-corrected chi connectivity index (χ1v) is 4.59. The maximum Gasteiger partial charge on any atom is 0.142 e. The summed E-state index contributed by atoms with van der Waals surface area (Å²) < 4.78 is 13.7. The first-order chi connectivity index (χ1) is 4.83. The molecule has 0 amide bonds. The fourth-order valence-corrected chi connectivity index (χ4v) is 1.55. The minimum atomic E-state index is -0.971. The molecule has 1 heterocycles. The Hall–Kier alpha value is -0.570. The molecule has 0 bridgehead atoms. The first-order valence-electron chi connectivity index (χ1n) is 3.37. The van der Waals surface area contributed by atoms with Crippen LogP contribution in [0.2, 0.25) is 0 Å². The highest BCUT2D eigenvalue weighted by Gasteiger charge is 2.00. The van der Waals surface area contributed by atoms with Crippen LogP contribution in [0.15, 0.2) is 23.3 Å². The maximum absolute atomic E-state index is 10.8. The lowest BCUT2D eigenvalue weighted by Gasteiger charge is -2.08. The summed E-state index contributed by atoms with van der Waals surface area (Å²) >= 11 is 0. The van der Waals surface area contributed by atoms with Gasteiger partial charge in [0.05, 0.1) is 0 Å². The molecule has 0 aliphatic carbocycles. The summed E-state index contributed by atoms with van der Waals surface area (Å²) in [7, 11) is -0.971. The van der Waals surface area contributed by atoms with Crippen molar-refractivity contribution in [3.05, 3.63) is 23.3 Å². The standard InChI is InChI=1S/C7H11NOS/c1-2-4-7-5-3-6-10(9)8-7/h3,5-6,8H,2,4H2,1H3. The van der Waals surface area contributed by atoms with Crippen molar-refractivity contribution in [2.75, 3.05) is 0 Å². The van der Waals surface area contributed by atoms with Gasteiger partial charge in [0.1, 0.15) is 11.0 Å². The molecule has 0 saturated carbocycles. The highest BCUT2D eigenvalue weighted by molar-refractivity contribution is 7.86. The van der Waals surface area contributed by atoms with Crippen LogP contribution < -0.4 is 4.72 Å². The van der Waals surface area contributed by atoms with Crippen LogP contribution in [0.5, 0.6) is 0 Å². The number of hydrogen-bond acceptors (Lipinski definition) is 1. The number of rotatable bonds is 2. The van der Waals surface area contributed by atoms with E-state index in [4.69, 9.17) is 0 Å². The molecule has 10 heavy (non-hydrogen) atoms. The minimum Gasteiger partial charge on any atom is -0.305 e. The lowest BCUT2D eigenvalue weighted by Crippen LogP contribution is -2.16. The van der Waals surface area contributed by atoms with Crippen LogP contribution in [0.4, 0.5) is 0 Å². The van der Waals surface area contributed by atoms with Crippen LogP contribution in [0, 0.1) is 0 Å². The molecule has 0 spiro atoms. The van der Waals surface area contributed by atoms with E-state index in [-0.39, 0.29) is 0 Å². The highest BCUT2D eigenvalue weighted by atomic mass is 32.2. The Morgan fingerprint density at radius 3 is 3.10 bits per heavy atom. The van der Waals surface area contributed by atoms with Crippen molar-refractivity contribution < 1.29 is 4.21 Å². The van der Waals surface area contributed by atoms with Gasteiger partial charge in [-0.15, -0.1) is 0 Å². The van der Waals surface area contributed by atoms with Gasteiger partial charge in [-0.3, -0.25) is 0 Å². The Balaban J connectivity index is 2.53. The van der Waals surface area contributed by atoms with Crippen molar-refractivity contribution >= 4 is 11.0 Å². The second kappa shape index (κ2) is 3.56. The predicted molar refractivity (Wildman–Crippen MR) is 43.4 cm³/mol. The van der Waals surface area contributed by atoms with E-state index in [1.54, 1.807) is 5.41 Å². The zero-order valence-corrected chi connectivity index (χ0v) is 6.78. The number of hydrogen-bond donors (Lipinski definition) is 1. The Bertz CT molecular complexity index is 196. The second-order valence-corrected chi connectivity index (χ2v) is 3.24. The van der Waals surface area contributed by atoms with Gasteiger partial charge in [-0.2, -0.15) is 0 Å². The van der Waals surface area contributed by atoms with Gasteiger partial charge in [0.2, 0.25) is 0 Å². The predicted octanol–water partition coefficient (Wildman–Crippen LogP) is 1.45. The van der Waals surface area contributed by atoms with Crippen molar-refractivity contribution in [2.24, 2.45) is 0 Å². The van der Waals surface area contributed by atoms with Gasteiger partial charge >= 0.3 is 0 Å². The first kappa shape index (κ1) is 7.54. The van der Waals surface area contributed by atoms with Crippen LogP contribution in [-0.2, 0) is 11.0 Å². The molecule has 2 nitrogen and oxygen atoms in total. The van der Waals surface area contributed by atoms with Gasteiger partial charge in [-0.05, 0) is 18.6 Å². The largest absolute Gasteiger partial charge is 0.305 e. The van der Waals surface area contributed by atoms with Crippen LogP contribution in [-0.4, -0.2) is 4.21 Å². The van der Waals surface area contributed by atoms with Crippen LogP contribution in [0.3, 0.4) is 0 Å². The molecule has 1 aliphatic heterocycles. The van der Waals surface area contributed by atoms with Crippen LogP contribution >= 0.6 is 0 Å². The third-order valence-electron chi connectivity index (χ3n) is 1.25. The van der Waals surface area contributed by atoms with Gasteiger partial charge in [-0.1, -0.05) is 13.3 Å². The van der Waals surface area contributed by atoms with Crippen molar-refractivity contribution in [3.63, 3.8) is 0 Å². The topological polar surface area (TPSA) is 29.1 Å². The Labute approximate surface area is 63.6 Å². The van der Waals surface area contributed by atoms with E-state index in [1.807, 2.05) is 12.2 Å². The fraction of sp³-hybridized carbons (Fsp3) is 0.429. The molecule has 1 unspecified atom stereocenters. The SMILES string of the molecule is CCCC1=CC=CS(=O)N1. The van der Waals surface area contributed by atoms with Crippen molar-refractivity contribution in [1.29, 1.82) is 0 Å². The smallest absolute Gasteiger partial charge is 0.142 e. The van der Waals surface area contributed by atoms with Gasteiger partial charge in [0.25, 0.3) is 0 Å². The third kappa shape index (κ3) is 1.99. The summed E-state index contributed by atoms with van der Waals surface area (Å²) in [4.78, 5) is 0. The molecular formula is C7H11NOS. The molecule has 56 valence electrons. The molecule has 1 N–H and O–H groups in total. The highest BCUT2D eigenvalue weighted by Crippen LogP contribution is 2.05. The molecule has 0 aromatic carbocycles. The molecule has 3 heteroatoms. The third-order valence-corrected chi connectivity index (χ3v) is 2.12. The van der Waals surface area contributed by atoms with Crippen LogP contribution in [0.1, 0.15) is 19.8 Å². The van der Waals surface area contributed by atoms with E-state index in [0.29, 0.717) is 0 Å². The molecule has 0 radical (unpaired) electrons. The monoisotopic (exact) mass is 157 g/mol. The zero-order valence-electron chi connectivity index (χ0n) is 5.96. The average Bonchev–Trinajstić information content (AvgIpc) is 1.88. The van der Waals surface area contributed by atoms with Crippen molar-refractivity contribution in [3.8, 4) is 0 Å². The van der Waals surface area contributed by atoms with Gasteiger partial charge in [-0.25, -0.2) is 4.21 Å². The van der Waals surface area contributed by atoms with Crippen molar-refractivity contribution in [2.45, 2.75) is 19.8 Å². The lowest BCUT2D eigenvalue weighted by atomic mass is 10.2. The van der Waals surface area contributed by atoms with E-state index in [2.05, 4.69) is 11.6 Å². The second-order valence-electron chi connectivity index (χ2n) is 2.17. The fourth-order valence-electron chi connectivity index (χ4n) is 0.828. The van der Waals surface area contributed by atoms with Gasteiger partial charge in [0, 0.05) is 11.1 Å². The Morgan fingerprint density at radius 2 is 2.50 bits per heavy atom. The summed E-state index contributed by atoms with van der Waals surface area (Å²) in [6.45, 7) is 2.10. The van der Waals surface area contributed by atoms with E-state index in [9.17, 15) is 4.21 Å². The number of allylic oxidation sites excluding steroid dienone is 3. The maximum atomic E-state index is 10.8. The molecule has 1 rings (SSSR count). The number of nitrogens with one attached hydrogen (secondary N) is 1. The summed E-state index contributed by atoms with van der Waals surface area (Å²) in [6.07, 6.45) is 5.86. The molecule has 0 aromatic rings. The van der Waals surface area contributed by atoms with E-state index >= 15 is 0 Å². The average molecular weight is 157 g/mol. The van der Waals surface area contributed by atoms with Gasteiger partial charge in [0.15, 0.2) is 0 Å². The summed E-state index contributed by atoms with van der Waals surface area (Å²) in [5, 5.41) is 1.64. The molecule has 0 fully saturated rings. The van der Waals surface area contributed by atoms with E-state index < -0.39 is 11.0 Å². The molecule has 0 aromatic heterocycles. The Morgan fingerprint density at radius 1 is 1.70 bits per heavy atom. The minimum absolute atomic E-state index is 0.971. The molecular weight excluding hydrogens is 146 g/mol. The molecule has 1 aliphatic rings. The normalized spacial score (nSPS) is 23.7. The quantitative estimate of drug-likeness (QED) is 0.646. The molecule has 0 saturated heterocycles. The summed E-state index contributed by atoms with van der Waals surface area (Å²) in [6, 6.07) is 0. The lowest BCUT2D eigenvalue weighted by molar-refractivity contribution is 0.681. The summed E-state index contributed by atoms with van der Waals surface area (Å²) in [5.41, 5.74) is 1.07. The van der Waals surface area contributed by atoms with E-state index in [1.165, 1.54) is 0 Å². The summed E-state index contributed by atoms with van der Waals surface area (Å²) in [5.74, 6) is 0. The van der Waals surface area contributed by atoms with E-state index in [0.717, 1.165) is 18.5 Å². The molecule has 1 atom stereocenters. The van der Waals surface area contributed by atoms with Gasteiger partial charge < -0.3 is 4.72 Å². The van der Waals surface area contributed by atoms with Crippen LogP contribution in [0.25, 0.3) is 0 Å². The zero-order chi connectivity index (χ0) is 7.40. The Kier molecular flexibility index (Phi) is 2.68. The van der Waals surface area contributed by atoms with Crippen molar-refractivity contribution in [1.82, 2.24) is 4.72 Å².